The first-order valence-electron chi connectivity index (χ1n) is 10.1. The molecule has 2 aromatic carbocycles. The predicted molar refractivity (Wildman–Crippen MR) is 122 cm³/mol. The molecule has 1 aromatic heterocycles. The zero-order chi connectivity index (χ0) is 21.5. The number of ether oxygens (including phenoxy) is 2. The second-order valence-corrected chi connectivity index (χ2v) is 6.83. The maximum absolute atomic E-state index is 12.8. The molecule has 1 N–H and O–H groups in total. The number of fused-ring (bicyclic) bond motifs is 1. The van der Waals surface area contributed by atoms with Crippen LogP contribution in [-0.2, 0) is 28.9 Å². The van der Waals surface area contributed by atoms with Gasteiger partial charge in [0.2, 0.25) is 0 Å². The molecule has 8 heteroatoms. The minimum atomic E-state index is -0.974. The smallest absolute Gasteiger partial charge is 1.00 e. The van der Waals surface area contributed by atoms with Gasteiger partial charge in [-0.2, -0.15) is 0 Å². The number of aliphatic carboxylic acids is 1. The summed E-state index contributed by atoms with van der Waals surface area (Å²) in [6.07, 6.45) is 0.0855. The number of benzene rings is 2. The molecule has 0 aliphatic heterocycles. The monoisotopic (exact) mass is 436 g/mol. The molecule has 0 bridgehead atoms. The van der Waals surface area contributed by atoms with Crippen LogP contribution in [0.5, 0.6) is 5.75 Å². The fourth-order valence-electron chi connectivity index (χ4n) is 3.32. The van der Waals surface area contributed by atoms with Crippen molar-refractivity contribution in [1.29, 1.82) is 0 Å². The molecule has 0 aliphatic carbocycles. The fourth-order valence-corrected chi connectivity index (χ4v) is 3.32. The molecule has 3 rings (SSSR count). The number of hydrogen-bond donors (Lipinski definition) is 1. The average molecular weight is 437 g/mol. The summed E-state index contributed by atoms with van der Waals surface area (Å²) in [5.41, 5.74) is 1.50. The minimum Gasteiger partial charge on any atom is -1.00 e. The first-order chi connectivity index (χ1) is 14.5. The fraction of sp³-hybridized carbons (Fsp3) is 0.348. The van der Waals surface area contributed by atoms with Gasteiger partial charge in [-0.05, 0) is 36.8 Å². The summed E-state index contributed by atoms with van der Waals surface area (Å²) < 4.78 is 12.7. The van der Waals surface area contributed by atoms with E-state index in [2.05, 4.69) is 4.98 Å². The van der Waals surface area contributed by atoms with Crippen LogP contribution in [0.1, 0.15) is 28.1 Å². The van der Waals surface area contributed by atoms with E-state index in [-0.39, 0.29) is 31.5 Å². The Kier molecular flexibility index (Phi) is 9.48. The Morgan fingerprint density at radius 1 is 1.16 bits per heavy atom. The largest absolute Gasteiger partial charge is 2.00 e. The van der Waals surface area contributed by atoms with Crippen LogP contribution in [0.2, 0.25) is 0 Å². The van der Waals surface area contributed by atoms with Crippen LogP contribution >= 0.6 is 0 Å². The molecule has 0 fully saturated rings. The molecule has 1 heterocycles. The average Bonchev–Trinajstić information content (AvgIpc) is 2.75. The second-order valence-electron chi connectivity index (χ2n) is 6.83. The summed E-state index contributed by atoms with van der Waals surface area (Å²) in [6, 6.07) is 14.6. The summed E-state index contributed by atoms with van der Waals surface area (Å²) >= 11 is 0. The molecule has 0 spiro atoms. The van der Waals surface area contributed by atoms with Gasteiger partial charge in [-0.1, -0.05) is 31.2 Å². The van der Waals surface area contributed by atoms with Gasteiger partial charge < -0.3 is 17.4 Å². The van der Waals surface area contributed by atoms with E-state index in [1.165, 1.54) is 0 Å². The van der Waals surface area contributed by atoms with Gasteiger partial charge in [0.05, 0.1) is 17.4 Å². The molecular formula is C23H28MgN2O5. The first-order valence-corrected chi connectivity index (χ1v) is 10.1. The van der Waals surface area contributed by atoms with Crippen molar-refractivity contribution in [2.45, 2.75) is 39.3 Å². The van der Waals surface area contributed by atoms with Crippen LogP contribution in [-0.4, -0.2) is 63.0 Å². The molecule has 162 valence electrons. The van der Waals surface area contributed by atoms with Crippen LogP contribution in [0.15, 0.2) is 53.3 Å². The van der Waals surface area contributed by atoms with E-state index in [1.54, 1.807) is 29.7 Å². The van der Waals surface area contributed by atoms with Crippen LogP contribution in [0.25, 0.3) is 10.9 Å². The standard InChI is InChI=1S/C23H26N2O5.Mg.2H/c1-3-21-24-19-8-6-5-7-18(19)22(26)25(21)13-14-30-17-11-9-16(10-12-17)15-20(23(27)28)29-4-2;;;/h5-12,20H,3-4,13-15H2,1-2H3,(H,27,28);;;/q;+2;2*-1. The predicted octanol–water partition coefficient (Wildman–Crippen LogP) is 2.91. The Hall–Kier alpha value is -2.42. The van der Waals surface area contributed by atoms with E-state index in [1.807, 2.05) is 37.3 Å². The van der Waals surface area contributed by atoms with Crippen LogP contribution in [0.3, 0.4) is 0 Å². The van der Waals surface area contributed by atoms with Crippen LogP contribution < -0.4 is 10.3 Å². The number of para-hydroxylation sites is 1. The van der Waals surface area contributed by atoms with Gasteiger partial charge >= 0.3 is 29.0 Å². The van der Waals surface area contributed by atoms with E-state index < -0.39 is 12.1 Å². The number of rotatable bonds is 10. The van der Waals surface area contributed by atoms with Crippen molar-refractivity contribution in [2.75, 3.05) is 13.2 Å². The van der Waals surface area contributed by atoms with Crippen molar-refractivity contribution < 1.29 is 22.2 Å². The van der Waals surface area contributed by atoms with Gasteiger partial charge in [-0.3, -0.25) is 9.36 Å². The zero-order valence-corrected chi connectivity index (χ0v) is 19.3. The number of nitrogens with zero attached hydrogens (tertiary/aromatic N) is 2. The number of hydrogen-bond acceptors (Lipinski definition) is 5. The Labute approximate surface area is 200 Å². The molecule has 3 aromatic rings. The van der Waals surface area contributed by atoms with Crippen molar-refractivity contribution >= 4 is 39.9 Å². The Balaban J connectivity index is 0.00000341. The van der Waals surface area contributed by atoms with E-state index >= 15 is 0 Å². The molecule has 0 aliphatic rings. The number of carboxylic acids is 1. The summed E-state index contributed by atoms with van der Waals surface area (Å²) in [6.45, 7) is 4.81. The van der Waals surface area contributed by atoms with Crippen molar-refractivity contribution in [2.24, 2.45) is 0 Å². The topological polar surface area (TPSA) is 90.7 Å². The quantitative estimate of drug-likeness (QED) is 0.491. The maximum atomic E-state index is 12.8. The molecule has 0 amide bonds. The van der Waals surface area contributed by atoms with Gasteiger partial charge in [0.25, 0.3) is 5.56 Å². The molecule has 0 saturated heterocycles. The van der Waals surface area contributed by atoms with Gasteiger partial charge in [0.1, 0.15) is 18.2 Å². The van der Waals surface area contributed by atoms with E-state index in [9.17, 15) is 14.7 Å². The van der Waals surface area contributed by atoms with Crippen LogP contribution in [0.4, 0.5) is 0 Å². The third kappa shape index (κ3) is 6.28. The third-order valence-corrected chi connectivity index (χ3v) is 4.83. The number of aromatic nitrogens is 2. The molecule has 31 heavy (non-hydrogen) atoms. The third-order valence-electron chi connectivity index (χ3n) is 4.83. The van der Waals surface area contributed by atoms with Gasteiger partial charge in [0.15, 0.2) is 6.10 Å². The number of carbonyl (C=O) groups is 1. The maximum Gasteiger partial charge on any atom is 2.00 e. The molecule has 0 radical (unpaired) electrons. The van der Waals surface area contributed by atoms with Gasteiger partial charge in [0, 0.05) is 19.4 Å². The molecule has 1 unspecified atom stereocenters. The summed E-state index contributed by atoms with van der Waals surface area (Å²) in [5, 5.41) is 9.79. The minimum absolute atomic E-state index is 0. The normalized spacial score (nSPS) is 11.7. The molecular weight excluding hydrogens is 409 g/mol. The van der Waals surface area contributed by atoms with Gasteiger partial charge in [-0.25, -0.2) is 9.78 Å². The Morgan fingerprint density at radius 2 is 1.87 bits per heavy atom. The first kappa shape index (κ1) is 24.8. The SMILES string of the molecule is CCOC(Cc1ccc(OCCn2c(CC)nc3ccccc3c2=O)cc1)C(=O)O.[H-].[H-].[Mg+2]. The van der Waals surface area contributed by atoms with Crippen LogP contribution in [0, 0.1) is 0 Å². The van der Waals surface area contributed by atoms with Crippen molar-refractivity contribution in [3.8, 4) is 5.75 Å². The van der Waals surface area contributed by atoms with E-state index in [0.717, 1.165) is 11.4 Å². The molecule has 1 atom stereocenters. The van der Waals surface area contributed by atoms with Crippen molar-refractivity contribution in [1.82, 2.24) is 9.55 Å². The number of carboxylic acid groups (broad SMARTS) is 1. The Morgan fingerprint density at radius 3 is 2.52 bits per heavy atom. The second kappa shape index (κ2) is 11.8. The summed E-state index contributed by atoms with van der Waals surface area (Å²) in [4.78, 5) is 28.6. The zero-order valence-electron chi connectivity index (χ0n) is 19.9. The molecule has 7 nitrogen and oxygen atoms in total. The van der Waals surface area contributed by atoms with E-state index in [0.29, 0.717) is 49.3 Å². The summed E-state index contributed by atoms with van der Waals surface area (Å²) in [7, 11) is 0. The van der Waals surface area contributed by atoms with E-state index in [4.69, 9.17) is 9.47 Å². The summed E-state index contributed by atoms with van der Waals surface area (Å²) in [5.74, 6) is 0.411. The van der Waals surface area contributed by atoms with Crippen molar-refractivity contribution in [3.63, 3.8) is 0 Å². The molecule has 0 saturated carbocycles. The van der Waals surface area contributed by atoms with Crippen molar-refractivity contribution in [3.05, 3.63) is 70.3 Å². The number of aryl methyl sites for hydroxylation is 1. The Bertz CT molecular complexity index is 1080. The van der Waals surface area contributed by atoms with Gasteiger partial charge in [-0.15, -0.1) is 0 Å².